The Bertz CT molecular complexity index is 687. The second-order valence-electron chi connectivity index (χ2n) is 4.43. The third kappa shape index (κ3) is 3.45. The first-order valence-electron chi connectivity index (χ1n) is 6.10. The van der Waals surface area contributed by atoms with E-state index in [2.05, 4.69) is 5.32 Å². The summed E-state index contributed by atoms with van der Waals surface area (Å²) >= 11 is 0. The number of alkyl halides is 3. The van der Waals surface area contributed by atoms with Gasteiger partial charge in [0.2, 0.25) is 0 Å². The Morgan fingerprint density at radius 2 is 1.86 bits per heavy atom. The SMILES string of the molecule is N#Cc1cc(N)ccc1NCc1ccccc1C(F)(F)F. The summed E-state index contributed by atoms with van der Waals surface area (Å²) in [7, 11) is 0. The summed E-state index contributed by atoms with van der Waals surface area (Å²) in [6.45, 7) is -0.0335. The fraction of sp³-hybridized carbons (Fsp3) is 0.133. The molecular weight excluding hydrogens is 279 g/mol. The number of nitrogen functional groups attached to an aromatic ring is 1. The van der Waals surface area contributed by atoms with Crippen molar-refractivity contribution in [1.29, 1.82) is 5.26 Å². The quantitative estimate of drug-likeness (QED) is 0.846. The fourth-order valence-corrected chi connectivity index (χ4v) is 1.95. The lowest BCUT2D eigenvalue weighted by Crippen LogP contribution is -2.12. The van der Waals surface area contributed by atoms with Gasteiger partial charge in [-0.2, -0.15) is 18.4 Å². The smallest absolute Gasteiger partial charge is 0.399 e. The van der Waals surface area contributed by atoms with Crippen LogP contribution < -0.4 is 11.1 Å². The molecule has 2 aromatic rings. The Hall–Kier alpha value is -2.68. The molecule has 0 spiro atoms. The van der Waals surface area contributed by atoms with E-state index in [4.69, 9.17) is 11.0 Å². The maximum Gasteiger partial charge on any atom is 0.416 e. The maximum absolute atomic E-state index is 12.9. The normalized spacial score (nSPS) is 11.0. The average molecular weight is 291 g/mol. The molecule has 0 unspecified atom stereocenters. The number of halogens is 3. The lowest BCUT2D eigenvalue weighted by Gasteiger charge is -2.14. The molecule has 21 heavy (non-hydrogen) atoms. The predicted octanol–water partition coefficient (Wildman–Crippen LogP) is 3.77. The number of hydrogen-bond acceptors (Lipinski definition) is 3. The zero-order chi connectivity index (χ0) is 15.5. The lowest BCUT2D eigenvalue weighted by molar-refractivity contribution is -0.138. The van der Waals surface area contributed by atoms with Crippen LogP contribution in [0.4, 0.5) is 24.5 Å². The van der Waals surface area contributed by atoms with E-state index in [1.54, 1.807) is 18.2 Å². The molecule has 3 N–H and O–H groups in total. The molecule has 0 amide bonds. The summed E-state index contributed by atoms with van der Waals surface area (Å²) < 4.78 is 38.6. The topological polar surface area (TPSA) is 61.8 Å². The monoisotopic (exact) mass is 291 g/mol. The number of nitrogens with one attached hydrogen (secondary N) is 1. The van der Waals surface area contributed by atoms with Gasteiger partial charge in [0.1, 0.15) is 6.07 Å². The maximum atomic E-state index is 12.9. The van der Waals surface area contributed by atoms with Crippen molar-refractivity contribution in [2.75, 3.05) is 11.1 Å². The highest BCUT2D eigenvalue weighted by Gasteiger charge is 2.32. The van der Waals surface area contributed by atoms with Crippen LogP contribution in [0, 0.1) is 11.3 Å². The van der Waals surface area contributed by atoms with Crippen molar-refractivity contribution in [3.8, 4) is 6.07 Å². The molecule has 0 heterocycles. The van der Waals surface area contributed by atoms with Crippen LogP contribution in [0.15, 0.2) is 42.5 Å². The van der Waals surface area contributed by atoms with E-state index in [9.17, 15) is 13.2 Å². The van der Waals surface area contributed by atoms with Crippen LogP contribution in [0.3, 0.4) is 0 Å². The van der Waals surface area contributed by atoms with Gasteiger partial charge in [0.25, 0.3) is 0 Å². The van der Waals surface area contributed by atoms with Crippen LogP contribution in [0.5, 0.6) is 0 Å². The molecule has 0 aliphatic carbocycles. The zero-order valence-electron chi connectivity index (χ0n) is 10.9. The van der Waals surface area contributed by atoms with Crippen molar-refractivity contribution in [3.63, 3.8) is 0 Å². The van der Waals surface area contributed by atoms with E-state index >= 15 is 0 Å². The molecule has 3 nitrogen and oxygen atoms in total. The van der Waals surface area contributed by atoms with Gasteiger partial charge in [0.15, 0.2) is 0 Å². The van der Waals surface area contributed by atoms with Gasteiger partial charge >= 0.3 is 6.18 Å². The van der Waals surface area contributed by atoms with E-state index in [0.717, 1.165) is 6.07 Å². The van der Waals surface area contributed by atoms with E-state index < -0.39 is 11.7 Å². The molecule has 0 saturated carbocycles. The van der Waals surface area contributed by atoms with E-state index in [1.807, 2.05) is 6.07 Å². The number of hydrogen-bond donors (Lipinski definition) is 2. The highest BCUT2D eigenvalue weighted by atomic mass is 19.4. The molecule has 0 aliphatic rings. The third-order valence-corrected chi connectivity index (χ3v) is 2.96. The van der Waals surface area contributed by atoms with Gasteiger partial charge in [-0.05, 0) is 29.8 Å². The Morgan fingerprint density at radius 3 is 2.52 bits per heavy atom. The summed E-state index contributed by atoms with van der Waals surface area (Å²) in [5, 5.41) is 11.8. The van der Waals surface area contributed by atoms with Gasteiger partial charge in [-0.15, -0.1) is 0 Å². The minimum Gasteiger partial charge on any atom is -0.399 e. The number of rotatable bonds is 3. The molecule has 2 aromatic carbocycles. The van der Waals surface area contributed by atoms with Crippen LogP contribution in [-0.4, -0.2) is 0 Å². The van der Waals surface area contributed by atoms with Crippen LogP contribution >= 0.6 is 0 Å². The number of benzene rings is 2. The van der Waals surface area contributed by atoms with Gasteiger partial charge in [-0.3, -0.25) is 0 Å². The first kappa shape index (κ1) is 14.7. The van der Waals surface area contributed by atoms with Crippen molar-refractivity contribution >= 4 is 11.4 Å². The Balaban J connectivity index is 2.24. The van der Waals surface area contributed by atoms with Gasteiger partial charge in [-0.25, -0.2) is 0 Å². The van der Waals surface area contributed by atoms with Gasteiger partial charge in [0.05, 0.1) is 16.8 Å². The summed E-state index contributed by atoms with van der Waals surface area (Å²) in [5.74, 6) is 0. The second kappa shape index (κ2) is 5.75. The van der Waals surface area contributed by atoms with Crippen molar-refractivity contribution in [2.24, 2.45) is 0 Å². The minimum atomic E-state index is -4.41. The molecule has 0 radical (unpaired) electrons. The van der Waals surface area contributed by atoms with Crippen molar-refractivity contribution in [3.05, 3.63) is 59.2 Å². The third-order valence-electron chi connectivity index (χ3n) is 2.96. The molecule has 2 rings (SSSR count). The molecule has 0 aromatic heterocycles. The Morgan fingerprint density at radius 1 is 1.14 bits per heavy atom. The molecule has 0 aliphatic heterocycles. The second-order valence-corrected chi connectivity index (χ2v) is 4.43. The lowest BCUT2D eigenvalue weighted by atomic mass is 10.1. The molecule has 0 fully saturated rings. The highest BCUT2D eigenvalue weighted by molar-refractivity contribution is 5.63. The van der Waals surface area contributed by atoms with E-state index in [-0.39, 0.29) is 12.1 Å². The van der Waals surface area contributed by atoms with E-state index in [1.165, 1.54) is 18.2 Å². The standard InChI is InChI=1S/C15H12F3N3/c16-15(17,18)13-4-2-1-3-10(13)9-21-14-6-5-12(20)7-11(14)8-19/h1-7,21H,9,20H2. The molecule has 0 bridgehead atoms. The summed E-state index contributed by atoms with van der Waals surface area (Å²) in [6, 6.07) is 11.9. The predicted molar refractivity (Wildman–Crippen MR) is 74.3 cm³/mol. The van der Waals surface area contributed by atoms with Crippen molar-refractivity contribution < 1.29 is 13.2 Å². The molecule has 6 heteroatoms. The molecule has 0 saturated heterocycles. The summed E-state index contributed by atoms with van der Waals surface area (Å²) in [6.07, 6.45) is -4.41. The van der Waals surface area contributed by atoms with Crippen molar-refractivity contribution in [1.82, 2.24) is 0 Å². The van der Waals surface area contributed by atoms with Crippen LogP contribution in [-0.2, 0) is 12.7 Å². The van der Waals surface area contributed by atoms with Gasteiger partial charge < -0.3 is 11.1 Å². The Kier molecular flexibility index (Phi) is 4.03. The number of nitriles is 1. The summed E-state index contributed by atoms with van der Waals surface area (Å²) in [5.41, 5.74) is 6.15. The highest BCUT2D eigenvalue weighted by Crippen LogP contribution is 2.32. The van der Waals surface area contributed by atoms with E-state index in [0.29, 0.717) is 16.9 Å². The van der Waals surface area contributed by atoms with Gasteiger partial charge in [0, 0.05) is 12.2 Å². The fourth-order valence-electron chi connectivity index (χ4n) is 1.95. The minimum absolute atomic E-state index is 0.0335. The largest absolute Gasteiger partial charge is 0.416 e. The Labute approximate surface area is 119 Å². The van der Waals surface area contributed by atoms with Gasteiger partial charge in [-0.1, -0.05) is 18.2 Å². The zero-order valence-corrected chi connectivity index (χ0v) is 10.9. The average Bonchev–Trinajstić information content (AvgIpc) is 2.45. The van der Waals surface area contributed by atoms with Crippen LogP contribution in [0.2, 0.25) is 0 Å². The number of anilines is 2. The summed E-state index contributed by atoms with van der Waals surface area (Å²) in [4.78, 5) is 0. The van der Waals surface area contributed by atoms with Crippen LogP contribution in [0.25, 0.3) is 0 Å². The first-order chi connectivity index (χ1) is 9.91. The molecule has 108 valence electrons. The molecule has 0 atom stereocenters. The van der Waals surface area contributed by atoms with Crippen LogP contribution in [0.1, 0.15) is 16.7 Å². The number of nitrogens with two attached hydrogens (primary N) is 1. The number of nitrogens with zero attached hydrogens (tertiary/aromatic N) is 1. The first-order valence-corrected chi connectivity index (χ1v) is 6.10. The van der Waals surface area contributed by atoms with Crippen molar-refractivity contribution in [2.45, 2.75) is 12.7 Å². The molecular formula is C15H12F3N3.